The van der Waals surface area contributed by atoms with Gasteiger partial charge in [-0.3, -0.25) is 9.59 Å². The summed E-state index contributed by atoms with van der Waals surface area (Å²) in [6.45, 7) is 3.84. The fourth-order valence-electron chi connectivity index (χ4n) is 1.67. The van der Waals surface area contributed by atoms with E-state index in [2.05, 4.69) is 10.3 Å². The Morgan fingerprint density at radius 1 is 1.40 bits per heavy atom. The fraction of sp³-hybridized carbons (Fsp3) is 0.214. The molecule has 6 heteroatoms. The number of amides is 2. The molecule has 0 bridgehead atoms. The number of rotatable bonds is 4. The van der Waals surface area contributed by atoms with Crippen molar-refractivity contribution in [3.8, 4) is 0 Å². The van der Waals surface area contributed by atoms with Crippen molar-refractivity contribution in [2.45, 2.75) is 20.3 Å². The molecule has 5 nitrogen and oxygen atoms in total. The lowest BCUT2D eigenvalue weighted by Gasteiger charge is -2.08. The minimum Gasteiger partial charge on any atom is -0.366 e. The van der Waals surface area contributed by atoms with Gasteiger partial charge in [-0.05, 0) is 31.0 Å². The highest BCUT2D eigenvalue weighted by Gasteiger charge is 2.12. The molecule has 0 saturated heterocycles. The maximum atomic E-state index is 12.1. The van der Waals surface area contributed by atoms with Gasteiger partial charge in [0.25, 0.3) is 5.91 Å². The van der Waals surface area contributed by atoms with Crippen molar-refractivity contribution < 1.29 is 9.59 Å². The molecule has 2 rings (SSSR count). The van der Waals surface area contributed by atoms with E-state index in [1.165, 1.54) is 11.3 Å². The molecule has 0 fully saturated rings. The topological polar surface area (TPSA) is 85.1 Å². The van der Waals surface area contributed by atoms with Crippen LogP contribution in [-0.4, -0.2) is 16.8 Å². The van der Waals surface area contributed by atoms with Gasteiger partial charge in [-0.2, -0.15) is 0 Å². The second-order valence-electron chi connectivity index (χ2n) is 4.32. The van der Waals surface area contributed by atoms with Crippen LogP contribution in [0.1, 0.15) is 37.5 Å². The number of hydrogen-bond acceptors (Lipinski definition) is 4. The Morgan fingerprint density at radius 3 is 2.75 bits per heavy atom. The quantitative estimate of drug-likeness (QED) is 0.906. The summed E-state index contributed by atoms with van der Waals surface area (Å²) in [5, 5.41) is 3.70. The molecule has 104 valence electrons. The lowest BCUT2D eigenvalue weighted by atomic mass is 10.1. The molecule has 1 aromatic heterocycles. The molecule has 0 spiro atoms. The smallest absolute Gasteiger partial charge is 0.267 e. The monoisotopic (exact) mass is 289 g/mol. The lowest BCUT2D eigenvalue weighted by Crippen LogP contribution is -2.14. The molecule has 0 aliphatic carbocycles. The third-order valence-corrected chi connectivity index (χ3v) is 3.99. The molecular weight excluding hydrogens is 274 g/mol. The number of thiazole rings is 1. The standard InChI is InChI=1S/C14H15N3O2S/c1-3-12-16-7-11(20-12)14(19)17-10-6-9(13(15)18)5-4-8(10)2/h4-7H,3H2,1-2H3,(H2,15,18)(H,17,19). The number of carbonyl (C=O) groups is 2. The summed E-state index contributed by atoms with van der Waals surface area (Å²) >= 11 is 1.36. The first-order chi connectivity index (χ1) is 9.51. The summed E-state index contributed by atoms with van der Waals surface area (Å²) in [7, 11) is 0. The largest absolute Gasteiger partial charge is 0.366 e. The van der Waals surface area contributed by atoms with E-state index in [0.29, 0.717) is 16.1 Å². The predicted molar refractivity (Wildman–Crippen MR) is 79.1 cm³/mol. The number of benzene rings is 1. The molecule has 0 unspecified atom stereocenters. The third kappa shape index (κ3) is 3.03. The Bertz CT molecular complexity index is 664. The molecule has 2 amide bonds. The van der Waals surface area contributed by atoms with Gasteiger partial charge in [0.15, 0.2) is 0 Å². The number of nitrogens with two attached hydrogens (primary N) is 1. The van der Waals surface area contributed by atoms with Crippen LogP contribution < -0.4 is 11.1 Å². The predicted octanol–water partition coefficient (Wildman–Crippen LogP) is 2.37. The van der Waals surface area contributed by atoms with E-state index in [9.17, 15) is 9.59 Å². The molecular formula is C14H15N3O2S. The van der Waals surface area contributed by atoms with Crippen molar-refractivity contribution >= 4 is 28.8 Å². The highest BCUT2D eigenvalue weighted by molar-refractivity contribution is 7.13. The van der Waals surface area contributed by atoms with E-state index in [-0.39, 0.29) is 5.91 Å². The van der Waals surface area contributed by atoms with E-state index in [0.717, 1.165) is 17.0 Å². The van der Waals surface area contributed by atoms with Crippen molar-refractivity contribution in [1.82, 2.24) is 4.98 Å². The molecule has 3 N–H and O–H groups in total. The van der Waals surface area contributed by atoms with Crippen molar-refractivity contribution in [2.24, 2.45) is 5.73 Å². The van der Waals surface area contributed by atoms with Gasteiger partial charge in [0, 0.05) is 11.3 Å². The van der Waals surface area contributed by atoms with Gasteiger partial charge in [0.05, 0.1) is 11.2 Å². The molecule has 20 heavy (non-hydrogen) atoms. The van der Waals surface area contributed by atoms with Gasteiger partial charge in [-0.25, -0.2) is 4.98 Å². The van der Waals surface area contributed by atoms with Crippen LogP contribution in [0.25, 0.3) is 0 Å². The number of aromatic nitrogens is 1. The Kier molecular flexibility index (Phi) is 4.14. The van der Waals surface area contributed by atoms with Gasteiger partial charge >= 0.3 is 0 Å². The van der Waals surface area contributed by atoms with Crippen LogP contribution >= 0.6 is 11.3 Å². The third-order valence-electron chi connectivity index (χ3n) is 2.85. The van der Waals surface area contributed by atoms with E-state index in [1.54, 1.807) is 24.4 Å². The highest BCUT2D eigenvalue weighted by atomic mass is 32.1. The summed E-state index contributed by atoms with van der Waals surface area (Å²) in [6.07, 6.45) is 2.36. The van der Waals surface area contributed by atoms with Gasteiger partial charge in [0.2, 0.25) is 5.91 Å². The summed E-state index contributed by atoms with van der Waals surface area (Å²) in [5.41, 5.74) is 7.05. The summed E-state index contributed by atoms with van der Waals surface area (Å²) in [5.74, 6) is -0.751. The number of aryl methyl sites for hydroxylation is 2. The Balaban J connectivity index is 2.22. The lowest BCUT2D eigenvalue weighted by molar-refractivity contribution is 0.0996. The molecule has 2 aromatic rings. The number of anilines is 1. The zero-order chi connectivity index (χ0) is 14.7. The summed E-state index contributed by atoms with van der Waals surface area (Å²) in [4.78, 5) is 28.0. The van der Waals surface area contributed by atoms with Crippen molar-refractivity contribution in [1.29, 1.82) is 0 Å². The van der Waals surface area contributed by atoms with Crippen molar-refractivity contribution in [2.75, 3.05) is 5.32 Å². The maximum absolute atomic E-state index is 12.1. The molecule has 0 aliphatic heterocycles. The second-order valence-corrected chi connectivity index (χ2v) is 5.44. The Hall–Kier alpha value is -2.21. The minimum absolute atomic E-state index is 0.230. The van der Waals surface area contributed by atoms with E-state index >= 15 is 0 Å². The first-order valence-corrected chi connectivity index (χ1v) is 6.99. The van der Waals surface area contributed by atoms with Crippen LogP contribution in [0.5, 0.6) is 0 Å². The summed E-state index contributed by atoms with van der Waals surface area (Å²) < 4.78 is 0. The fourth-order valence-corrected chi connectivity index (χ4v) is 2.43. The minimum atomic E-state index is -0.522. The van der Waals surface area contributed by atoms with Crippen LogP contribution in [0, 0.1) is 6.92 Å². The highest BCUT2D eigenvalue weighted by Crippen LogP contribution is 2.20. The molecule has 1 aromatic carbocycles. The average molecular weight is 289 g/mol. The zero-order valence-electron chi connectivity index (χ0n) is 11.3. The van der Waals surface area contributed by atoms with E-state index in [1.807, 2.05) is 13.8 Å². The Morgan fingerprint density at radius 2 is 2.15 bits per heavy atom. The van der Waals surface area contributed by atoms with E-state index in [4.69, 9.17) is 5.73 Å². The van der Waals surface area contributed by atoms with Crippen LogP contribution in [0.3, 0.4) is 0 Å². The maximum Gasteiger partial charge on any atom is 0.267 e. The van der Waals surface area contributed by atoms with Crippen LogP contribution in [-0.2, 0) is 6.42 Å². The zero-order valence-corrected chi connectivity index (χ0v) is 12.1. The van der Waals surface area contributed by atoms with Crippen molar-refractivity contribution in [3.63, 3.8) is 0 Å². The number of nitrogens with one attached hydrogen (secondary N) is 1. The SMILES string of the molecule is CCc1ncc(C(=O)Nc2cc(C(N)=O)ccc2C)s1. The summed E-state index contributed by atoms with van der Waals surface area (Å²) in [6, 6.07) is 4.96. The molecule has 1 heterocycles. The van der Waals surface area contributed by atoms with Crippen molar-refractivity contribution in [3.05, 3.63) is 45.4 Å². The van der Waals surface area contributed by atoms with Gasteiger partial charge in [0.1, 0.15) is 4.88 Å². The number of nitrogens with zero attached hydrogens (tertiary/aromatic N) is 1. The molecule has 0 saturated carbocycles. The first-order valence-electron chi connectivity index (χ1n) is 6.17. The number of primary amides is 1. The van der Waals surface area contributed by atoms with Gasteiger partial charge < -0.3 is 11.1 Å². The second kappa shape index (κ2) is 5.83. The van der Waals surface area contributed by atoms with Crippen LogP contribution in [0.15, 0.2) is 24.4 Å². The number of hydrogen-bond donors (Lipinski definition) is 2. The van der Waals surface area contributed by atoms with Gasteiger partial charge in [-0.15, -0.1) is 11.3 Å². The van der Waals surface area contributed by atoms with E-state index < -0.39 is 5.91 Å². The average Bonchev–Trinajstić information content (AvgIpc) is 2.89. The number of carbonyl (C=O) groups excluding carboxylic acids is 2. The van der Waals surface area contributed by atoms with Gasteiger partial charge in [-0.1, -0.05) is 13.0 Å². The van der Waals surface area contributed by atoms with Crippen LogP contribution in [0.2, 0.25) is 0 Å². The first kappa shape index (κ1) is 14.2. The Labute approximate surface area is 120 Å². The molecule has 0 radical (unpaired) electrons. The molecule has 0 aliphatic rings. The normalized spacial score (nSPS) is 10.3. The van der Waals surface area contributed by atoms with Crippen LogP contribution in [0.4, 0.5) is 5.69 Å². The molecule has 0 atom stereocenters.